The molecular weight excluding hydrogens is 304 g/mol. The van der Waals surface area contributed by atoms with E-state index in [1.54, 1.807) is 6.07 Å². The van der Waals surface area contributed by atoms with E-state index in [2.05, 4.69) is 30.8 Å². The van der Waals surface area contributed by atoms with Crippen LogP contribution in [-0.2, 0) is 16.6 Å². The van der Waals surface area contributed by atoms with Gasteiger partial charge in [0.15, 0.2) is 0 Å². The second kappa shape index (κ2) is 8.27. The first-order valence-electron chi connectivity index (χ1n) is 7.64. The minimum absolute atomic E-state index is 0.0518. The van der Waals surface area contributed by atoms with Gasteiger partial charge < -0.3 is 5.32 Å². The first-order valence-corrected chi connectivity index (χ1v) is 9.94. The van der Waals surface area contributed by atoms with Crippen LogP contribution < -0.4 is 10.0 Å². The SMILES string of the molecule is CCCNCc1sc(S(=O)(=O)NC(C)C(C)CC)cc1C. The van der Waals surface area contributed by atoms with Crippen molar-refractivity contribution in [3.05, 3.63) is 16.5 Å². The predicted molar refractivity (Wildman–Crippen MR) is 90.3 cm³/mol. The lowest BCUT2D eigenvalue weighted by atomic mass is 10.0. The van der Waals surface area contributed by atoms with Gasteiger partial charge in [-0.3, -0.25) is 0 Å². The van der Waals surface area contributed by atoms with Crippen molar-refractivity contribution >= 4 is 21.4 Å². The van der Waals surface area contributed by atoms with E-state index in [0.29, 0.717) is 10.1 Å². The Hall–Kier alpha value is -0.430. The Labute approximate surface area is 133 Å². The van der Waals surface area contributed by atoms with Crippen molar-refractivity contribution < 1.29 is 8.42 Å². The molecule has 2 N–H and O–H groups in total. The van der Waals surface area contributed by atoms with Crippen molar-refractivity contribution in [2.75, 3.05) is 6.54 Å². The van der Waals surface area contributed by atoms with Crippen LogP contribution in [0, 0.1) is 12.8 Å². The van der Waals surface area contributed by atoms with Crippen molar-refractivity contribution in [3.63, 3.8) is 0 Å². The van der Waals surface area contributed by atoms with Gasteiger partial charge in [-0.2, -0.15) is 0 Å². The molecule has 0 aromatic carbocycles. The van der Waals surface area contributed by atoms with Crippen LogP contribution >= 0.6 is 11.3 Å². The number of hydrogen-bond acceptors (Lipinski definition) is 4. The number of nitrogens with one attached hydrogen (secondary N) is 2. The third-order valence-corrected chi connectivity index (χ3v) is 7.08. The highest BCUT2D eigenvalue weighted by Gasteiger charge is 2.23. The highest BCUT2D eigenvalue weighted by molar-refractivity contribution is 7.91. The molecule has 1 aromatic rings. The molecular formula is C15H28N2O2S2. The molecule has 0 aliphatic heterocycles. The minimum atomic E-state index is -3.41. The summed E-state index contributed by atoms with van der Waals surface area (Å²) in [5, 5.41) is 3.32. The monoisotopic (exact) mass is 332 g/mol. The van der Waals surface area contributed by atoms with E-state index in [4.69, 9.17) is 0 Å². The number of aryl methyl sites for hydroxylation is 1. The zero-order valence-electron chi connectivity index (χ0n) is 13.7. The number of rotatable bonds is 9. The predicted octanol–water partition coefficient (Wildman–Crippen LogP) is 3.27. The number of hydrogen-bond donors (Lipinski definition) is 2. The van der Waals surface area contributed by atoms with Crippen LogP contribution in [0.5, 0.6) is 0 Å². The Kier molecular flexibility index (Phi) is 7.33. The molecule has 2 atom stereocenters. The molecule has 4 nitrogen and oxygen atoms in total. The Morgan fingerprint density at radius 3 is 2.52 bits per heavy atom. The van der Waals surface area contributed by atoms with Crippen LogP contribution in [0.15, 0.2) is 10.3 Å². The van der Waals surface area contributed by atoms with Crippen molar-refractivity contribution in [2.24, 2.45) is 5.92 Å². The molecule has 0 bridgehead atoms. The van der Waals surface area contributed by atoms with Gasteiger partial charge >= 0.3 is 0 Å². The third kappa shape index (κ3) is 5.36. The smallest absolute Gasteiger partial charge is 0.250 e. The lowest BCUT2D eigenvalue weighted by Gasteiger charge is -2.19. The van der Waals surface area contributed by atoms with Gasteiger partial charge in [0.05, 0.1) is 0 Å². The van der Waals surface area contributed by atoms with Gasteiger partial charge in [-0.1, -0.05) is 27.2 Å². The van der Waals surface area contributed by atoms with Gasteiger partial charge in [0.25, 0.3) is 0 Å². The molecule has 122 valence electrons. The highest BCUT2D eigenvalue weighted by atomic mass is 32.2. The average Bonchev–Trinajstić information content (AvgIpc) is 2.80. The molecule has 6 heteroatoms. The summed E-state index contributed by atoms with van der Waals surface area (Å²) in [7, 11) is -3.41. The van der Waals surface area contributed by atoms with Gasteiger partial charge in [-0.05, 0) is 44.4 Å². The first kappa shape index (κ1) is 18.6. The quantitative estimate of drug-likeness (QED) is 0.682. The van der Waals surface area contributed by atoms with Crippen LogP contribution in [0.1, 0.15) is 51.0 Å². The van der Waals surface area contributed by atoms with E-state index < -0.39 is 10.0 Å². The molecule has 0 aliphatic carbocycles. The molecule has 0 saturated carbocycles. The maximum Gasteiger partial charge on any atom is 0.250 e. The Morgan fingerprint density at radius 1 is 1.29 bits per heavy atom. The van der Waals surface area contributed by atoms with E-state index in [0.717, 1.165) is 36.4 Å². The van der Waals surface area contributed by atoms with E-state index in [1.165, 1.54) is 11.3 Å². The third-order valence-electron chi connectivity index (χ3n) is 3.81. The van der Waals surface area contributed by atoms with E-state index in [1.807, 2.05) is 13.8 Å². The fraction of sp³-hybridized carbons (Fsp3) is 0.733. The molecule has 0 amide bonds. The maximum atomic E-state index is 12.4. The lowest BCUT2D eigenvalue weighted by Crippen LogP contribution is -2.36. The van der Waals surface area contributed by atoms with Crippen molar-refractivity contribution in [1.82, 2.24) is 10.0 Å². The van der Waals surface area contributed by atoms with Crippen LogP contribution in [0.3, 0.4) is 0 Å². The zero-order chi connectivity index (χ0) is 16.0. The Morgan fingerprint density at radius 2 is 1.95 bits per heavy atom. The van der Waals surface area contributed by atoms with E-state index >= 15 is 0 Å². The normalized spacial score (nSPS) is 15.1. The topological polar surface area (TPSA) is 58.2 Å². The van der Waals surface area contributed by atoms with Gasteiger partial charge in [0, 0.05) is 17.5 Å². The summed E-state index contributed by atoms with van der Waals surface area (Å²) < 4.78 is 28.1. The number of thiophene rings is 1. The van der Waals surface area contributed by atoms with Gasteiger partial charge in [0.2, 0.25) is 10.0 Å². The molecule has 0 fully saturated rings. The molecule has 0 spiro atoms. The van der Waals surface area contributed by atoms with Gasteiger partial charge in [0.1, 0.15) is 4.21 Å². The summed E-state index contributed by atoms with van der Waals surface area (Å²) in [5.41, 5.74) is 1.04. The maximum absolute atomic E-state index is 12.4. The largest absolute Gasteiger partial charge is 0.312 e. The molecule has 21 heavy (non-hydrogen) atoms. The summed E-state index contributed by atoms with van der Waals surface area (Å²) in [6.45, 7) is 11.8. The molecule has 1 heterocycles. The molecule has 0 aliphatic rings. The van der Waals surface area contributed by atoms with E-state index in [9.17, 15) is 8.42 Å². The minimum Gasteiger partial charge on any atom is -0.312 e. The number of sulfonamides is 1. The second-order valence-corrected chi connectivity index (χ2v) is 8.72. The summed E-state index contributed by atoms with van der Waals surface area (Å²) >= 11 is 1.37. The Balaban J connectivity index is 2.82. The first-order chi connectivity index (χ1) is 9.81. The molecule has 1 aromatic heterocycles. The summed E-state index contributed by atoms with van der Waals surface area (Å²) in [4.78, 5) is 1.10. The Bertz CT molecular complexity index is 538. The molecule has 0 radical (unpaired) electrons. The van der Waals surface area contributed by atoms with Gasteiger partial charge in [-0.15, -0.1) is 11.3 Å². The van der Waals surface area contributed by atoms with E-state index in [-0.39, 0.29) is 6.04 Å². The second-order valence-electron chi connectivity index (χ2n) is 5.64. The van der Waals surface area contributed by atoms with Crippen LogP contribution in [0.2, 0.25) is 0 Å². The fourth-order valence-corrected chi connectivity index (χ4v) is 4.88. The summed E-state index contributed by atoms with van der Waals surface area (Å²) in [6, 6.07) is 1.73. The highest BCUT2D eigenvalue weighted by Crippen LogP contribution is 2.26. The molecule has 0 saturated heterocycles. The summed E-state index contributed by atoms with van der Waals surface area (Å²) in [6.07, 6.45) is 2.03. The molecule has 2 unspecified atom stereocenters. The summed E-state index contributed by atoms with van der Waals surface area (Å²) in [5.74, 6) is 0.325. The van der Waals surface area contributed by atoms with Crippen molar-refractivity contribution in [2.45, 2.75) is 64.3 Å². The molecule has 1 rings (SSSR count). The average molecular weight is 333 g/mol. The van der Waals surface area contributed by atoms with Crippen LogP contribution in [0.25, 0.3) is 0 Å². The van der Waals surface area contributed by atoms with Gasteiger partial charge in [-0.25, -0.2) is 13.1 Å². The van der Waals surface area contributed by atoms with Crippen molar-refractivity contribution in [1.29, 1.82) is 0 Å². The standard InChI is InChI=1S/C15H28N2O2S2/c1-6-8-16-10-14-12(4)9-15(20-14)21(18,19)17-13(5)11(3)7-2/h9,11,13,16-17H,6-8,10H2,1-5H3. The van der Waals surface area contributed by atoms with Crippen molar-refractivity contribution in [3.8, 4) is 0 Å². The fourth-order valence-electron chi connectivity index (χ4n) is 1.95. The zero-order valence-corrected chi connectivity index (χ0v) is 15.3. The van der Waals surface area contributed by atoms with Crippen LogP contribution in [-0.4, -0.2) is 21.0 Å². The lowest BCUT2D eigenvalue weighted by molar-refractivity contribution is 0.434. The van der Waals surface area contributed by atoms with Crippen LogP contribution in [0.4, 0.5) is 0 Å².